The number of rotatable bonds is 7. The molecule has 0 saturated heterocycles. The molecule has 1 atom stereocenters. The summed E-state index contributed by atoms with van der Waals surface area (Å²) in [5.41, 5.74) is -0.213. The Morgan fingerprint density at radius 3 is 2.58 bits per heavy atom. The van der Waals surface area contributed by atoms with Crippen LogP contribution in [0.15, 0.2) is 15.9 Å². The molecule has 11 heteroatoms. The van der Waals surface area contributed by atoms with E-state index in [0.29, 0.717) is 30.4 Å². The molecule has 0 aliphatic carbocycles. The lowest BCUT2D eigenvalue weighted by Gasteiger charge is -2.15. The monoisotopic (exact) mass is 359 g/mol. The zero-order valence-corrected chi connectivity index (χ0v) is 14.4. The zero-order valence-electron chi connectivity index (χ0n) is 13.6. The first-order valence-corrected chi connectivity index (χ1v) is 8.70. The molecule has 0 radical (unpaired) electrons. The van der Waals surface area contributed by atoms with Gasteiger partial charge in [0.05, 0.1) is 12.4 Å². The molecule has 0 aliphatic heterocycles. The number of unbranched alkanes of at least 4 members (excludes halogenated alkanes) is 1. The molecular weight excluding hydrogens is 340 g/mol. The van der Waals surface area contributed by atoms with E-state index in [1.807, 2.05) is 0 Å². The lowest BCUT2D eigenvalue weighted by atomic mass is 10.2. The zero-order chi connectivity index (χ0) is 18.1. The lowest BCUT2D eigenvalue weighted by molar-refractivity contribution is 0.181. The number of hydrogen-bond donors (Lipinski definition) is 0. The van der Waals surface area contributed by atoms with Crippen molar-refractivity contribution in [1.29, 1.82) is 0 Å². The Bertz CT molecular complexity index is 955. The largest absolute Gasteiger partial charge is 0.726 e. The van der Waals surface area contributed by atoms with Crippen LogP contribution in [0.25, 0.3) is 11.2 Å². The minimum Gasteiger partial charge on any atom is -0.726 e. The SMILES string of the molecule is CC(CCCCn1c(=O)c2c(ncn2C)n(C)c1=O)OS(=O)(=O)[O-]. The molecule has 0 fully saturated rings. The summed E-state index contributed by atoms with van der Waals surface area (Å²) >= 11 is 0. The highest BCUT2D eigenvalue weighted by Crippen LogP contribution is 2.08. The maximum absolute atomic E-state index is 12.4. The summed E-state index contributed by atoms with van der Waals surface area (Å²) in [6, 6.07) is 0. The highest BCUT2D eigenvalue weighted by Gasteiger charge is 2.14. The Morgan fingerprint density at radius 1 is 1.29 bits per heavy atom. The molecule has 24 heavy (non-hydrogen) atoms. The van der Waals surface area contributed by atoms with Gasteiger partial charge in [0.25, 0.3) is 5.56 Å². The minimum atomic E-state index is -4.72. The van der Waals surface area contributed by atoms with Gasteiger partial charge in [-0.15, -0.1) is 0 Å². The average molecular weight is 359 g/mol. The second kappa shape index (κ2) is 6.87. The Labute approximate surface area is 138 Å². The Kier molecular flexibility index (Phi) is 5.26. The summed E-state index contributed by atoms with van der Waals surface area (Å²) in [4.78, 5) is 28.7. The molecule has 0 aromatic carbocycles. The molecule has 0 N–H and O–H groups in total. The van der Waals surface area contributed by atoms with Gasteiger partial charge in [0.15, 0.2) is 11.2 Å². The first-order chi connectivity index (χ1) is 11.1. The Hall–Kier alpha value is -1.98. The maximum atomic E-state index is 12.4. The normalized spacial score (nSPS) is 13.5. The van der Waals surface area contributed by atoms with Crippen LogP contribution >= 0.6 is 0 Å². The van der Waals surface area contributed by atoms with E-state index < -0.39 is 27.8 Å². The smallest absolute Gasteiger partial charge is 0.332 e. The van der Waals surface area contributed by atoms with Crippen molar-refractivity contribution in [1.82, 2.24) is 18.7 Å². The van der Waals surface area contributed by atoms with Crippen LogP contribution in [0.3, 0.4) is 0 Å². The van der Waals surface area contributed by atoms with Gasteiger partial charge in [-0.3, -0.25) is 18.1 Å². The topological polar surface area (TPSA) is 128 Å². The third-order valence-corrected chi connectivity index (χ3v) is 4.29. The van der Waals surface area contributed by atoms with Gasteiger partial charge in [0.2, 0.25) is 10.4 Å². The number of hydrogen-bond acceptors (Lipinski definition) is 7. The van der Waals surface area contributed by atoms with Crippen molar-refractivity contribution in [2.75, 3.05) is 0 Å². The van der Waals surface area contributed by atoms with E-state index in [4.69, 9.17) is 0 Å². The van der Waals surface area contributed by atoms with Gasteiger partial charge in [0, 0.05) is 20.6 Å². The summed E-state index contributed by atoms with van der Waals surface area (Å²) in [5, 5.41) is 0. The van der Waals surface area contributed by atoms with Crippen molar-refractivity contribution >= 4 is 21.6 Å². The van der Waals surface area contributed by atoms with Gasteiger partial charge < -0.3 is 9.12 Å². The molecular formula is C13H19N4O6S-. The number of aryl methyl sites for hydroxylation is 2. The van der Waals surface area contributed by atoms with E-state index in [-0.39, 0.29) is 6.54 Å². The van der Waals surface area contributed by atoms with Crippen molar-refractivity contribution in [2.45, 2.75) is 38.8 Å². The Morgan fingerprint density at radius 2 is 1.96 bits per heavy atom. The molecule has 0 aliphatic rings. The summed E-state index contributed by atoms with van der Waals surface area (Å²) < 4.78 is 39.7. The van der Waals surface area contributed by atoms with Crippen molar-refractivity contribution in [3.8, 4) is 0 Å². The van der Waals surface area contributed by atoms with Crippen LogP contribution in [-0.4, -0.2) is 37.8 Å². The molecule has 0 saturated carbocycles. The van der Waals surface area contributed by atoms with Gasteiger partial charge in [0.1, 0.15) is 0 Å². The third kappa shape index (κ3) is 3.91. The van der Waals surface area contributed by atoms with Crippen LogP contribution < -0.4 is 11.2 Å². The van der Waals surface area contributed by atoms with Crippen molar-refractivity contribution in [3.63, 3.8) is 0 Å². The lowest BCUT2D eigenvalue weighted by Crippen LogP contribution is -2.39. The predicted octanol–water partition coefficient (Wildman–Crippen LogP) is -0.531. The molecule has 1 unspecified atom stereocenters. The van der Waals surface area contributed by atoms with E-state index in [2.05, 4.69) is 9.17 Å². The fourth-order valence-corrected chi connectivity index (χ4v) is 3.04. The second-order valence-corrected chi connectivity index (χ2v) is 6.65. The van der Waals surface area contributed by atoms with Crippen LogP contribution in [0.2, 0.25) is 0 Å². The van der Waals surface area contributed by atoms with E-state index >= 15 is 0 Å². The fraction of sp³-hybridized carbons (Fsp3) is 0.615. The van der Waals surface area contributed by atoms with Crippen LogP contribution in [-0.2, 0) is 35.2 Å². The molecule has 10 nitrogen and oxygen atoms in total. The van der Waals surface area contributed by atoms with Crippen LogP contribution in [0.1, 0.15) is 26.2 Å². The van der Waals surface area contributed by atoms with E-state index in [1.54, 1.807) is 18.7 Å². The van der Waals surface area contributed by atoms with E-state index in [9.17, 15) is 22.6 Å². The molecule has 134 valence electrons. The number of nitrogens with zero attached hydrogens (tertiary/aromatic N) is 4. The summed E-state index contributed by atoms with van der Waals surface area (Å²) in [5.74, 6) is 0. The van der Waals surface area contributed by atoms with Gasteiger partial charge in [-0.2, -0.15) is 0 Å². The predicted molar refractivity (Wildman–Crippen MR) is 84.3 cm³/mol. The number of imidazole rings is 1. The molecule has 2 aromatic rings. The molecule has 0 spiro atoms. The maximum Gasteiger partial charge on any atom is 0.332 e. The van der Waals surface area contributed by atoms with Gasteiger partial charge in [-0.25, -0.2) is 18.2 Å². The summed E-state index contributed by atoms with van der Waals surface area (Å²) in [6.07, 6.45) is 2.01. The molecule has 2 heterocycles. The van der Waals surface area contributed by atoms with E-state index in [1.165, 1.54) is 17.8 Å². The summed E-state index contributed by atoms with van der Waals surface area (Å²) in [6.45, 7) is 1.66. The van der Waals surface area contributed by atoms with Gasteiger partial charge in [-0.1, -0.05) is 0 Å². The summed E-state index contributed by atoms with van der Waals surface area (Å²) in [7, 11) is -1.50. The molecule has 2 aromatic heterocycles. The first-order valence-electron chi connectivity index (χ1n) is 7.36. The standard InChI is InChI=1S/C13H20N4O6S/c1-9(23-24(20,21)22)6-4-5-7-17-12(18)10-11(14-8-15(10)2)16(3)13(17)19/h8-9H,4-7H2,1-3H3,(H,20,21,22)/p-1. The quantitative estimate of drug-likeness (QED) is 0.369. The van der Waals surface area contributed by atoms with Gasteiger partial charge in [-0.05, 0) is 26.2 Å². The molecule has 0 bridgehead atoms. The highest BCUT2D eigenvalue weighted by atomic mass is 32.3. The highest BCUT2D eigenvalue weighted by molar-refractivity contribution is 7.80. The van der Waals surface area contributed by atoms with Gasteiger partial charge >= 0.3 is 5.69 Å². The van der Waals surface area contributed by atoms with Crippen molar-refractivity contribution in [3.05, 3.63) is 27.2 Å². The molecule has 0 amide bonds. The minimum absolute atomic E-state index is 0.184. The van der Waals surface area contributed by atoms with Crippen LogP contribution in [0.4, 0.5) is 0 Å². The number of fused-ring (bicyclic) bond motifs is 1. The fourth-order valence-electron chi connectivity index (χ4n) is 2.54. The number of aromatic nitrogens is 4. The third-order valence-electron chi connectivity index (χ3n) is 3.73. The molecule has 2 rings (SSSR count). The van der Waals surface area contributed by atoms with E-state index in [0.717, 1.165) is 4.57 Å². The van der Waals surface area contributed by atoms with Crippen molar-refractivity contribution in [2.24, 2.45) is 14.1 Å². The Balaban J connectivity index is 2.10. The second-order valence-electron chi connectivity index (χ2n) is 5.64. The van der Waals surface area contributed by atoms with Crippen molar-refractivity contribution < 1.29 is 17.2 Å². The van der Waals surface area contributed by atoms with Crippen LogP contribution in [0, 0.1) is 0 Å². The van der Waals surface area contributed by atoms with Crippen LogP contribution in [0.5, 0.6) is 0 Å². The average Bonchev–Trinajstić information content (AvgIpc) is 2.84. The first kappa shape index (κ1) is 18.4.